The molecule has 0 saturated heterocycles. The number of carbonyl (C=O) groups is 1. The van der Waals surface area contributed by atoms with Crippen molar-refractivity contribution in [2.24, 2.45) is 0 Å². The van der Waals surface area contributed by atoms with Gasteiger partial charge in [-0.05, 0) is 42.3 Å². The van der Waals surface area contributed by atoms with E-state index in [1.165, 1.54) is 12.7 Å². The lowest BCUT2D eigenvalue weighted by atomic mass is 10.1. The molecule has 1 aromatic heterocycles. The van der Waals surface area contributed by atoms with Gasteiger partial charge in [0, 0.05) is 35.7 Å². The van der Waals surface area contributed by atoms with Crippen LogP contribution in [0.4, 0.5) is 0 Å². The zero-order chi connectivity index (χ0) is 23.8. The largest absolute Gasteiger partial charge is 0.493 e. The van der Waals surface area contributed by atoms with E-state index in [1.54, 1.807) is 0 Å². The molecule has 0 saturated carbocycles. The maximum atomic E-state index is 11.5. The molecule has 0 aliphatic carbocycles. The molecule has 0 bridgehead atoms. The highest BCUT2D eigenvalue weighted by molar-refractivity contribution is 5.88. The zero-order valence-corrected chi connectivity index (χ0v) is 19.5. The summed E-state index contributed by atoms with van der Waals surface area (Å²) < 4.78 is 22.4. The number of nitrogens with one attached hydrogen (secondary N) is 1. The number of carbonyl (C=O) groups excluding carboxylic acids is 1. The molecule has 34 heavy (non-hydrogen) atoms. The molecule has 0 unspecified atom stereocenters. The number of aromatic amines is 1. The van der Waals surface area contributed by atoms with Crippen molar-refractivity contribution in [2.75, 3.05) is 20.3 Å². The van der Waals surface area contributed by atoms with Crippen LogP contribution in [-0.4, -0.2) is 31.3 Å². The molecule has 3 aromatic carbocycles. The summed E-state index contributed by atoms with van der Waals surface area (Å²) in [5.74, 6) is 2.06. The third kappa shape index (κ3) is 6.32. The number of rotatable bonds is 11. The van der Waals surface area contributed by atoms with Gasteiger partial charge in [0.25, 0.3) is 0 Å². The van der Waals surface area contributed by atoms with Crippen LogP contribution in [0.1, 0.15) is 23.1 Å². The summed E-state index contributed by atoms with van der Waals surface area (Å²) >= 11 is 0. The van der Waals surface area contributed by atoms with Crippen molar-refractivity contribution in [1.29, 1.82) is 0 Å². The minimum Gasteiger partial charge on any atom is -0.493 e. The first kappa shape index (κ1) is 23.2. The van der Waals surface area contributed by atoms with Gasteiger partial charge in [-0.1, -0.05) is 35.9 Å². The summed E-state index contributed by atoms with van der Waals surface area (Å²) in [6.45, 7) is 3.66. The van der Waals surface area contributed by atoms with Crippen LogP contribution in [0, 0.1) is 6.92 Å². The number of fused-ring (bicyclic) bond motifs is 1. The number of benzene rings is 3. The monoisotopic (exact) mass is 459 g/mol. The molecule has 0 radical (unpaired) electrons. The van der Waals surface area contributed by atoms with Gasteiger partial charge in [-0.25, -0.2) is 0 Å². The number of methoxy groups -OCH3 is 1. The Hall–Kier alpha value is -3.93. The molecule has 0 atom stereocenters. The van der Waals surface area contributed by atoms with Crippen LogP contribution in [0.25, 0.3) is 10.9 Å². The summed E-state index contributed by atoms with van der Waals surface area (Å²) in [5, 5.41) is 0.991. The van der Waals surface area contributed by atoms with Gasteiger partial charge in [-0.2, -0.15) is 0 Å². The average Bonchev–Trinajstić information content (AvgIpc) is 3.25. The predicted molar refractivity (Wildman–Crippen MR) is 132 cm³/mol. The van der Waals surface area contributed by atoms with E-state index in [9.17, 15) is 4.79 Å². The normalized spacial score (nSPS) is 10.8. The summed E-state index contributed by atoms with van der Waals surface area (Å²) in [5.41, 5.74) is 4.20. The molecule has 0 fully saturated rings. The molecule has 6 nitrogen and oxygen atoms in total. The number of aryl methyl sites for hydroxylation is 1. The number of esters is 1. The van der Waals surface area contributed by atoms with Gasteiger partial charge in [0.05, 0.1) is 26.7 Å². The summed E-state index contributed by atoms with van der Waals surface area (Å²) in [6.07, 6.45) is 2.81. The van der Waals surface area contributed by atoms with Crippen molar-refractivity contribution in [3.8, 4) is 17.2 Å². The van der Waals surface area contributed by atoms with Crippen LogP contribution in [-0.2, 0) is 22.6 Å². The van der Waals surface area contributed by atoms with Crippen molar-refractivity contribution < 1.29 is 23.7 Å². The van der Waals surface area contributed by atoms with Crippen LogP contribution in [0.2, 0.25) is 0 Å². The summed E-state index contributed by atoms with van der Waals surface area (Å²) in [7, 11) is 1.39. The van der Waals surface area contributed by atoms with E-state index in [0.29, 0.717) is 19.8 Å². The second kappa shape index (κ2) is 11.3. The van der Waals surface area contributed by atoms with Crippen LogP contribution in [0.3, 0.4) is 0 Å². The van der Waals surface area contributed by atoms with Gasteiger partial charge in [-0.3, -0.25) is 4.79 Å². The first-order chi connectivity index (χ1) is 16.6. The van der Waals surface area contributed by atoms with Crippen molar-refractivity contribution in [2.45, 2.75) is 26.4 Å². The van der Waals surface area contributed by atoms with Gasteiger partial charge in [-0.15, -0.1) is 0 Å². The second-order valence-electron chi connectivity index (χ2n) is 8.07. The molecule has 4 rings (SSSR count). The summed E-state index contributed by atoms with van der Waals surface area (Å²) in [6, 6.07) is 21.8. The Labute approximate surface area is 199 Å². The molecule has 1 N–H and O–H groups in total. The molecule has 0 spiro atoms. The van der Waals surface area contributed by atoms with E-state index in [0.717, 1.165) is 45.7 Å². The average molecular weight is 460 g/mol. The number of aromatic nitrogens is 1. The molecule has 1 heterocycles. The quantitative estimate of drug-likeness (QED) is 0.233. The minimum atomic E-state index is -0.260. The molecule has 0 aliphatic rings. The molecule has 176 valence electrons. The minimum absolute atomic E-state index is 0.242. The highest BCUT2D eigenvalue weighted by Gasteiger charge is 2.09. The zero-order valence-electron chi connectivity index (χ0n) is 19.5. The third-order valence-corrected chi connectivity index (χ3v) is 5.46. The molecule has 0 amide bonds. The fourth-order valence-corrected chi connectivity index (χ4v) is 3.57. The second-order valence-corrected chi connectivity index (χ2v) is 8.07. The molecule has 6 heteroatoms. The van der Waals surface area contributed by atoms with Gasteiger partial charge in [0.2, 0.25) is 0 Å². The van der Waals surface area contributed by atoms with Crippen molar-refractivity contribution in [1.82, 2.24) is 4.98 Å². The first-order valence-electron chi connectivity index (χ1n) is 11.3. The Kier molecular flexibility index (Phi) is 7.71. The van der Waals surface area contributed by atoms with Gasteiger partial charge < -0.3 is 23.9 Å². The van der Waals surface area contributed by atoms with E-state index in [4.69, 9.17) is 18.9 Å². The molecular weight excluding hydrogens is 430 g/mol. The highest BCUT2D eigenvalue weighted by Crippen LogP contribution is 2.24. The van der Waals surface area contributed by atoms with Crippen molar-refractivity contribution in [3.05, 3.63) is 89.6 Å². The van der Waals surface area contributed by atoms with Crippen LogP contribution < -0.4 is 14.2 Å². The fraction of sp³-hybridized carbons (Fsp3) is 0.250. The van der Waals surface area contributed by atoms with Gasteiger partial charge in [0.15, 0.2) is 0 Å². The number of H-pyrrole nitrogens is 1. The lowest BCUT2D eigenvalue weighted by Crippen LogP contribution is -2.05. The Morgan fingerprint density at radius 2 is 1.56 bits per heavy atom. The fourth-order valence-electron chi connectivity index (χ4n) is 3.57. The SMILES string of the molecule is COC(=O)Cc1c[nH]c2cc(OCCCOc3cccc(OCc4ccc(C)cc4)c3)ccc12. The number of hydrogen-bond acceptors (Lipinski definition) is 5. The topological polar surface area (TPSA) is 69.8 Å². The van der Waals surface area contributed by atoms with E-state index in [1.807, 2.05) is 48.7 Å². The van der Waals surface area contributed by atoms with Crippen LogP contribution >= 0.6 is 0 Å². The van der Waals surface area contributed by atoms with Crippen molar-refractivity contribution in [3.63, 3.8) is 0 Å². The number of hydrogen-bond donors (Lipinski definition) is 1. The van der Waals surface area contributed by atoms with Gasteiger partial charge >= 0.3 is 5.97 Å². The lowest BCUT2D eigenvalue weighted by molar-refractivity contribution is -0.139. The maximum absolute atomic E-state index is 11.5. The summed E-state index contributed by atoms with van der Waals surface area (Å²) in [4.78, 5) is 14.7. The first-order valence-corrected chi connectivity index (χ1v) is 11.3. The van der Waals surface area contributed by atoms with E-state index < -0.39 is 0 Å². The Bertz CT molecular complexity index is 1230. The van der Waals surface area contributed by atoms with Crippen LogP contribution in [0.5, 0.6) is 17.2 Å². The van der Waals surface area contributed by atoms with E-state index in [2.05, 4.69) is 36.2 Å². The lowest BCUT2D eigenvalue weighted by Gasteiger charge is -2.10. The molecule has 4 aromatic rings. The molecule has 0 aliphatic heterocycles. The highest BCUT2D eigenvalue weighted by atomic mass is 16.5. The number of ether oxygens (including phenoxy) is 4. The maximum Gasteiger partial charge on any atom is 0.310 e. The third-order valence-electron chi connectivity index (χ3n) is 5.46. The van der Waals surface area contributed by atoms with E-state index in [-0.39, 0.29) is 12.4 Å². The van der Waals surface area contributed by atoms with Crippen LogP contribution in [0.15, 0.2) is 72.9 Å². The van der Waals surface area contributed by atoms with Gasteiger partial charge in [0.1, 0.15) is 23.9 Å². The van der Waals surface area contributed by atoms with E-state index >= 15 is 0 Å². The van der Waals surface area contributed by atoms with Crippen molar-refractivity contribution >= 4 is 16.9 Å². The smallest absolute Gasteiger partial charge is 0.310 e. The Morgan fingerprint density at radius 1 is 0.853 bits per heavy atom. The Morgan fingerprint density at radius 3 is 2.29 bits per heavy atom. The molecular formula is C28H29NO5. The standard InChI is InChI=1S/C28H29NO5/c1-20-7-9-21(10-8-20)19-34-24-6-3-5-23(16-24)32-13-4-14-33-25-11-12-26-22(15-28(30)31-2)18-29-27(26)17-25/h3,5-12,16-18,29H,4,13-15,19H2,1-2H3. The predicted octanol–water partition coefficient (Wildman–Crippen LogP) is 5.62. The Balaban J connectivity index is 1.21.